The average Bonchev–Trinajstić information content (AvgIpc) is 3.06. The number of amides is 1. The number of alkyl carbamates (subject to hydrolysis) is 1. The minimum Gasteiger partial charge on any atom is -0.444 e. The molecule has 1 aliphatic rings. The van der Waals surface area contributed by atoms with Crippen molar-refractivity contribution in [3.63, 3.8) is 0 Å². The fraction of sp³-hybridized carbons (Fsp3) is 0.562. The molecule has 3 atom stereocenters. The molecule has 0 radical (unpaired) electrons. The van der Waals surface area contributed by atoms with Gasteiger partial charge in [-0.25, -0.2) is 13.2 Å². The summed E-state index contributed by atoms with van der Waals surface area (Å²) in [7, 11) is -3.43. The fourth-order valence-corrected chi connectivity index (χ4v) is 5.12. The van der Waals surface area contributed by atoms with E-state index in [1.807, 2.05) is 0 Å². The highest BCUT2D eigenvalue weighted by molar-refractivity contribution is 7.91. The zero-order valence-electron chi connectivity index (χ0n) is 14.2. The summed E-state index contributed by atoms with van der Waals surface area (Å²) >= 11 is 5.89. The molecule has 1 amide bonds. The van der Waals surface area contributed by atoms with Gasteiger partial charge in [0, 0.05) is 23.7 Å². The Morgan fingerprint density at radius 1 is 1.33 bits per heavy atom. The van der Waals surface area contributed by atoms with Crippen LogP contribution in [0, 0.1) is 0 Å². The van der Waals surface area contributed by atoms with Gasteiger partial charge in [0.25, 0.3) is 0 Å². The molecule has 8 heteroatoms. The van der Waals surface area contributed by atoms with Gasteiger partial charge >= 0.3 is 6.09 Å². The quantitative estimate of drug-likeness (QED) is 0.840. The van der Waals surface area contributed by atoms with Crippen molar-refractivity contribution in [3.8, 4) is 0 Å². The van der Waals surface area contributed by atoms with E-state index in [-0.39, 0.29) is 6.54 Å². The Kier molecular flexibility index (Phi) is 4.92. The van der Waals surface area contributed by atoms with Crippen molar-refractivity contribution in [2.45, 2.75) is 43.1 Å². The number of hydrogen-bond donors (Lipinski definition) is 2. The van der Waals surface area contributed by atoms with Gasteiger partial charge in [-0.1, -0.05) is 23.7 Å². The maximum absolute atomic E-state index is 12.2. The number of halogens is 1. The van der Waals surface area contributed by atoms with Gasteiger partial charge in [-0.2, -0.15) is 0 Å². The average molecular weight is 375 g/mol. The monoisotopic (exact) mass is 374 g/mol. The lowest BCUT2D eigenvalue weighted by Crippen LogP contribution is -2.48. The van der Waals surface area contributed by atoms with Crippen LogP contribution in [0.1, 0.15) is 32.3 Å². The predicted octanol–water partition coefficient (Wildman–Crippen LogP) is 2.07. The largest absolute Gasteiger partial charge is 0.444 e. The summed E-state index contributed by atoms with van der Waals surface area (Å²) in [4.78, 5) is 12.2. The summed E-state index contributed by atoms with van der Waals surface area (Å²) in [5.41, 5.74) is 4.86. The van der Waals surface area contributed by atoms with E-state index in [1.54, 1.807) is 45.0 Å². The van der Waals surface area contributed by atoms with Crippen molar-refractivity contribution < 1.29 is 17.9 Å². The third kappa shape index (κ3) is 3.84. The van der Waals surface area contributed by atoms with Crippen LogP contribution < -0.4 is 11.1 Å². The smallest absolute Gasteiger partial charge is 0.408 e. The summed E-state index contributed by atoms with van der Waals surface area (Å²) in [6.45, 7) is 5.19. The highest BCUT2D eigenvalue weighted by atomic mass is 35.5. The number of carbonyl (C=O) groups is 1. The standard InChI is InChI=1S/C16H23ClN2O4S/c1-15(2,3)23-14(20)19-16(9-18)12(13(16)24(4,21)22)10-5-7-11(17)8-6-10/h5-8,12-13H,9,18H2,1-4H3,(H,19,20)/t12-,13-,16-/m0/s1. The van der Waals surface area contributed by atoms with Crippen molar-refractivity contribution in [1.29, 1.82) is 0 Å². The minimum absolute atomic E-state index is 0.0166. The zero-order valence-corrected chi connectivity index (χ0v) is 15.7. The molecule has 3 N–H and O–H groups in total. The number of benzene rings is 1. The second kappa shape index (κ2) is 6.20. The van der Waals surface area contributed by atoms with Crippen molar-refractivity contribution in [2.75, 3.05) is 12.8 Å². The molecule has 0 unspecified atom stereocenters. The molecular formula is C16H23ClN2O4S. The molecule has 1 aliphatic carbocycles. The summed E-state index contributed by atoms with van der Waals surface area (Å²) in [6.07, 6.45) is 0.465. The second-order valence-electron chi connectivity index (χ2n) is 7.15. The number of sulfone groups is 1. The van der Waals surface area contributed by atoms with Gasteiger partial charge in [0.1, 0.15) is 5.60 Å². The molecule has 2 rings (SSSR count). The molecular weight excluding hydrogens is 352 g/mol. The molecule has 1 fully saturated rings. The second-order valence-corrected chi connectivity index (χ2v) is 9.75. The first-order chi connectivity index (χ1) is 10.9. The molecule has 1 saturated carbocycles. The Balaban J connectivity index is 2.34. The lowest BCUT2D eigenvalue weighted by Gasteiger charge is -2.24. The topological polar surface area (TPSA) is 98.5 Å². The Labute approximate surface area is 147 Å². The van der Waals surface area contributed by atoms with Crippen LogP contribution in [0.15, 0.2) is 24.3 Å². The van der Waals surface area contributed by atoms with Gasteiger partial charge in [-0.3, -0.25) is 0 Å². The third-order valence-electron chi connectivity index (χ3n) is 4.02. The van der Waals surface area contributed by atoms with E-state index >= 15 is 0 Å². The van der Waals surface area contributed by atoms with Crippen LogP contribution >= 0.6 is 11.6 Å². The number of nitrogens with one attached hydrogen (secondary N) is 1. The maximum Gasteiger partial charge on any atom is 0.408 e. The number of nitrogens with two attached hydrogens (primary N) is 1. The summed E-state index contributed by atoms with van der Waals surface area (Å²) in [5, 5.41) is 2.44. The van der Waals surface area contributed by atoms with Crippen molar-refractivity contribution >= 4 is 27.5 Å². The van der Waals surface area contributed by atoms with Crippen LogP contribution in [0.25, 0.3) is 0 Å². The number of hydrogen-bond acceptors (Lipinski definition) is 5. The van der Waals surface area contributed by atoms with Gasteiger partial charge in [-0.15, -0.1) is 0 Å². The molecule has 6 nitrogen and oxygen atoms in total. The lowest BCUT2D eigenvalue weighted by molar-refractivity contribution is 0.0497. The van der Waals surface area contributed by atoms with E-state index in [1.165, 1.54) is 0 Å². The molecule has 24 heavy (non-hydrogen) atoms. The van der Waals surface area contributed by atoms with E-state index in [0.717, 1.165) is 11.8 Å². The molecule has 0 aliphatic heterocycles. The molecule has 134 valence electrons. The van der Waals surface area contributed by atoms with E-state index in [4.69, 9.17) is 22.1 Å². The van der Waals surface area contributed by atoms with E-state index in [0.29, 0.717) is 5.02 Å². The van der Waals surface area contributed by atoms with Gasteiger partial charge in [-0.05, 0) is 38.5 Å². The van der Waals surface area contributed by atoms with Crippen molar-refractivity contribution in [3.05, 3.63) is 34.9 Å². The van der Waals surface area contributed by atoms with Crippen LogP contribution in [0.2, 0.25) is 5.02 Å². The summed E-state index contributed by atoms with van der Waals surface area (Å²) in [6, 6.07) is 6.87. The first kappa shape index (κ1) is 19.0. The molecule has 0 bridgehead atoms. The summed E-state index contributed by atoms with van der Waals surface area (Å²) < 4.78 is 29.7. The SMILES string of the molecule is CC(C)(C)OC(=O)N[C@@]1(CN)[C@@H](c2ccc(Cl)cc2)[C@@H]1S(C)(=O)=O. The van der Waals surface area contributed by atoms with Crippen LogP contribution in [0.3, 0.4) is 0 Å². The van der Waals surface area contributed by atoms with Gasteiger partial charge in [0.15, 0.2) is 9.84 Å². The highest BCUT2D eigenvalue weighted by Gasteiger charge is 2.70. The Bertz CT molecular complexity index is 727. The van der Waals surface area contributed by atoms with Gasteiger partial charge in [0.05, 0.1) is 10.8 Å². The number of ether oxygens (including phenoxy) is 1. The molecule has 0 heterocycles. The predicted molar refractivity (Wildman–Crippen MR) is 94.0 cm³/mol. The maximum atomic E-state index is 12.2. The Morgan fingerprint density at radius 2 is 1.88 bits per heavy atom. The van der Waals surface area contributed by atoms with Crippen LogP contribution in [-0.4, -0.2) is 43.7 Å². The molecule has 1 aromatic carbocycles. The zero-order chi connectivity index (χ0) is 18.3. The highest BCUT2D eigenvalue weighted by Crippen LogP contribution is 2.55. The van der Waals surface area contributed by atoms with Crippen LogP contribution in [0.4, 0.5) is 4.79 Å². The molecule has 0 aromatic heterocycles. The fourth-order valence-electron chi connectivity index (χ4n) is 3.11. The minimum atomic E-state index is -3.43. The number of rotatable bonds is 4. The number of carbonyl (C=O) groups excluding carboxylic acids is 1. The van der Waals surface area contributed by atoms with E-state index in [9.17, 15) is 13.2 Å². The van der Waals surface area contributed by atoms with Crippen LogP contribution in [0.5, 0.6) is 0 Å². The summed E-state index contributed by atoms with van der Waals surface area (Å²) in [5.74, 6) is -0.442. The van der Waals surface area contributed by atoms with E-state index in [2.05, 4.69) is 5.32 Å². The first-order valence-electron chi connectivity index (χ1n) is 7.56. The van der Waals surface area contributed by atoms with Crippen LogP contribution in [-0.2, 0) is 14.6 Å². The Hall–Kier alpha value is -1.31. The van der Waals surface area contributed by atoms with Crippen molar-refractivity contribution in [1.82, 2.24) is 5.32 Å². The third-order valence-corrected chi connectivity index (χ3v) is 5.89. The normalized spacial score (nSPS) is 26.8. The molecule has 1 aromatic rings. The molecule has 0 saturated heterocycles. The Morgan fingerprint density at radius 3 is 2.29 bits per heavy atom. The molecule has 0 spiro atoms. The van der Waals surface area contributed by atoms with E-state index < -0.39 is 38.2 Å². The lowest BCUT2D eigenvalue weighted by atomic mass is 10.1. The van der Waals surface area contributed by atoms with Gasteiger partial charge < -0.3 is 15.8 Å². The first-order valence-corrected chi connectivity index (χ1v) is 9.89. The van der Waals surface area contributed by atoms with Crippen molar-refractivity contribution in [2.24, 2.45) is 5.73 Å². The van der Waals surface area contributed by atoms with Gasteiger partial charge in [0.2, 0.25) is 0 Å².